The molecule has 94 heavy (non-hydrogen) atoms. The number of aryl methyl sites for hydroxylation is 2. The monoisotopic (exact) mass is 1280 g/mol. The van der Waals surface area contributed by atoms with E-state index in [1.807, 2.05) is 0 Å². The molecule has 450 valence electrons. The van der Waals surface area contributed by atoms with Crippen molar-refractivity contribution in [1.82, 2.24) is 7.10 Å². The summed E-state index contributed by atoms with van der Waals surface area (Å²) in [6.07, 6.45) is 14.9. The second kappa shape index (κ2) is 26.1. The SMILES string of the molecule is [Cl][Al]1[n]2c3ccc2C(c2ccccc2)=C2C=CC(=N2)C(c2ccc(CCC[P+](c4ccccc4)(c4ccccc4)c4ccccc4)cc2)=c2ccc([n]21)=C(c1ccccc1)C1=NC(=C3c2ccc(CCC[P+](c3ccccc3)(c3ccccc3)c3ccccc3)cc2)C=C1. The summed E-state index contributed by atoms with van der Waals surface area (Å²) < 4.78 is 4.98. The summed E-state index contributed by atoms with van der Waals surface area (Å²) in [5, 5.41) is 10.6. The van der Waals surface area contributed by atoms with E-state index in [2.05, 4.69) is 347 Å². The molecule has 4 aliphatic rings. The fourth-order valence-electron chi connectivity index (χ4n) is 15.0. The molecule has 10 aromatic carbocycles. The molecule has 8 heteroatoms. The van der Waals surface area contributed by atoms with E-state index in [0.29, 0.717) is 0 Å². The van der Waals surface area contributed by atoms with E-state index < -0.39 is 28.2 Å². The van der Waals surface area contributed by atoms with Gasteiger partial charge in [0.2, 0.25) is 0 Å². The molecule has 0 unspecified atom stereocenters. The molecule has 4 nitrogen and oxygen atoms in total. The Hall–Kier alpha value is -9.52. The second-order valence-electron chi connectivity index (χ2n) is 24.6. The summed E-state index contributed by atoms with van der Waals surface area (Å²) >= 11 is -2.92. The molecule has 0 spiro atoms. The number of benzene rings is 10. The molecular formula is C86H68AlClN4P2+2. The number of aromatic nitrogens is 2. The molecule has 16 rings (SSSR count). The van der Waals surface area contributed by atoms with Gasteiger partial charge in [-0.1, -0.05) is 218 Å². The van der Waals surface area contributed by atoms with Gasteiger partial charge >= 0.3 is 13.7 Å². The average molecular weight is 1280 g/mol. The van der Waals surface area contributed by atoms with Crippen molar-refractivity contribution in [1.29, 1.82) is 0 Å². The third-order valence-electron chi connectivity index (χ3n) is 19.3. The quantitative estimate of drug-likeness (QED) is 0.0606. The zero-order valence-electron chi connectivity index (χ0n) is 52.2. The predicted molar refractivity (Wildman–Crippen MR) is 403 cm³/mol. The number of allylic oxidation sites excluding steroid dienone is 4. The van der Waals surface area contributed by atoms with Crippen molar-refractivity contribution in [2.45, 2.75) is 25.7 Å². The van der Waals surface area contributed by atoms with Crippen LogP contribution in [0.2, 0.25) is 0 Å². The summed E-state index contributed by atoms with van der Waals surface area (Å²) in [6, 6.07) is 117. The van der Waals surface area contributed by atoms with Crippen molar-refractivity contribution in [3.63, 3.8) is 0 Å². The molecule has 0 radical (unpaired) electrons. The lowest BCUT2D eigenvalue weighted by Crippen LogP contribution is -2.46. The average Bonchev–Trinajstić information content (AvgIpc) is 1.53. The van der Waals surface area contributed by atoms with Gasteiger partial charge in [0, 0.05) is 44.4 Å². The minimum absolute atomic E-state index is 0.905. The van der Waals surface area contributed by atoms with Gasteiger partial charge in [-0.3, -0.25) is 0 Å². The molecule has 0 N–H and O–H groups in total. The van der Waals surface area contributed by atoms with Gasteiger partial charge in [-0.05, 0) is 180 Å². The lowest BCUT2D eigenvalue weighted by Gasteiger charge is -2.27. The molecule has 2 aromatic heterocycles. The maximum Gasteiger partial charge on any atom is 0.717 e. The van der Waals surface area contributed by atoms with E-state index in [-0.39, 0.29) is 0 Å². The smallest absolute Gasteiger partial charge is 0.401 e. The summed E-state index contributed by atoms with van der Waals surface area (Å²) in [5.41, 5.74) is 16.8. The van der Waals surface area contributed by atoms with Gasteiger partial charge in [0.25, 0.3) is 0 Å². The Balaban J connectivity index is 0.813. The Morgan fingerprint density at radius 3 is 0.904 bits per heavy atom. The lowest BCUT2D eigenvalue weighted by atomic mass is 9.98. The van der Waals surface area contributed by atoms with E-state index in [1.54, 1.807) is 0 Å². The highest BCUT2D eigenvalue weighted by molar-refractivity contribution is 7.96. The van der Waals surface area contributed by atoms with Crippen molar-refractivity contribution < 1.29 is 0 Å². The number of halogens is 1. The fraction of sp³-hybridized carbons (Fsp3) is 0.0698. The highest BCUT2D eigenvalue weighted by Gasteiger charge is 2.46. The standard InChI is InChI=1S/C86H68N4P2.Al.ClH/c1-9-29-65(30-10-1)83-75-53-57-79(87-75)85(67-49-45-63(46-50-67)27-25-61-91(69-33-13-3-14-34-69,70-35-15-4-16-36-70)71-37-17-5-18-38-71)81-59-55-77(89-81)84(66-31-11-2-12-32-66)78-56-60-82(90-78)86(80-58-54-76(83)88-80)68-51-47-64(48-52-68)28-26-62-92(72-39-19-6-20-40-72,73-41-21-7-22-42-73)74-43-23-8-24-44-74;;/h1-24,29-60H,25-28,61-62H2;;1H/q;+3;/p-1. The number of hydrogen-bond acceptors (Lipinski definition) is 2. The first kappa shape index (κ1) is 59.5. The Morgan fingerprint density at radius 1 is 0.287 bits per heavy atom. The molecule has 0 atom stereocenters. The van der Waals surface area contributed by atoms with Crippen molar-refractivity contribution in [3.8, 4) is 0 Å². The van der Waals surface area contributed by atoms with Crippen LogP contribution in [-0.2, 0) is 12.8 Å². The van der Waals surface area contributed by atoms with E-state index >= 15 is 0 Å². The summed E-state index contributed by atoms with van der Waals surface area (Å²) in [7, 11) is 4.75. The number of rotatable bonds is 18. The zero-order chi connectivity index (χ0) is 62.8. The van der Waals surface area contributed by atoms with Gasteiger partial charge in [0.15, 0.2) is 0 Å². The maximum absolute atomic E-state index is 8.74. The van der Waals surface area contributed by atoms with Crippen molar-refractivity contribution in [2.24, 2.45) is 9.98 Å². The Kier molecular flexibility index (Phi) is 16.5. The number of fused-ring (bicyclic) bond motifs is 2. The van der Waals surface area contributed by atoms with Gasteiger partial charge in [-0.2, -0.15) is 10.0 Å². The van der Waals surface area contributed by atoms with Crippen molar-refractivity contribution >= 4 is 104 Å². The number of nitrogens with zero attached hydrogens (tertiary/aromatic N) is 4. The molecule has 6 bridgehead atoms. The van der Waals surface area contributed by atoms with Crippen LogP contribution in [0.3, 0.4) is 0 Å². The van der Waals surface area contributed by atoms with E-state index in [0.717, 1.165) is 127 Å². The van der Waals surface area contributed by atoms with Crippen LogP contribution in [0.5, 0.6) is 0 Å². The topological polar surface area (TPSA) is 34.6 Å². The van der Waals surface area contributed by atoms with Crippen LogP contribution in [-0.4, -0.2) is 44.5 Å². The van der Waals surface area contributed by atoms with Crippen molar-refractivity contribution in [2.75, 3.05) is 12.3 Å². The molecule has 0 amide bonds. The van der Waals surface area contributed by atoms with Gasteiger partial charge in [-0.15, -0.1) is 0 Å². The normalized spacial score (nSPS) is 14.2. The zero-order valence-corrected chi connectivity index (χ0v) is 55.9. The third-order valence-corrected chi connectivity index (χ3v) is 31.5. The van der Waals surface area contributed by atoms with Gasteiger partial charge in [-0.25, -0.2) is 9.98 Å². The van der Waals surface area contributed by atoms with E-state index in [4.69, 9.17) is 20.0 Å². The van der Waals surface area contributed by atoms with Crippen LogP contribution in [0.25, 0.3) is 22.3 Å². The van der Waals surface area contributed by atoms with Crippen LogP contribution in [0, 0.1) is 0 Å². The molecule has 0 aliphatic carbocycles. The summed E-state index contributed by atoms with van der Waals surface area (Å²) in [6.45, 7) is 0. The lowest BCUT2D eigenvalue weighted by molar-refractivity contribution is 0.927. The van der Waals surface area contributed by atoms with E-state index in [9.17, 15) is 0 Å². The molecule has 0 saturated heterocycles. The molecule has 0 fully saturated rings. The molecule has 12 aromatic rings. The Morgan fingerprint density at radius 2 is 0.574 bits per heavy atom. The van der Waals surface area contributed by atoms with Gasteiger partial charge in [0.1, 0.15) is 46.4 Å². The number of hydrogen-bond donors (Lipinski definition) is 0. The first-order valence-corrected chi connectivity index (χ1v) is 39.5. The fourth-order valence-corrected chi connectivity index (χ4v) is 26.9. The molecule has 6 heterocycles. The summed E-state index contributed by atoms with van der Waals surface area (Å²) in [4.78, 5) is 11.4. The first-order valence-electron chi connectivity index (χ1n) is 32.8. The third kappa shape index (κ3) is 10.9. The minimum Gasteiger partial charge on any atom is -0.401 e. The largest absolute Gasteiger partial charge is 0.717 e. The minimum atomic E-state index is -2.92. The van der Waals surface area contributed by atoms with Crippen LogP contribution in [0.1, 0.15) is 57.6 Å². The maximum atomic E-state index is 8.74. The van der Waals surface area contributed by atoms with Gasteiger partial charge in [0.05, 0.1) is 35.1 Å². The van der Waals surface area contributed by atoms with Crippen molar-refractivity contribution in [3.05, 3.63) is 407 Å². The van der Waals surface area contributed by atoms with Crippen LogP contribution >= 0.6 is 24.6 Å². The predicted octanol–water partition coefficient (Wildman–Crippen LogP) is 15.7. The molecule has 4 aliphatic heterocycles. The highest BCUT2D eigenvalue weighted by atomic mass is 35.6. The van der Waals surface area contributed by atoms with Crippen LogP contribution in [0.4, 0.5) is 0 Å². The summed E-state index contributed by atoms with van der Waals surface area (Å²) in [5.74, 6) is 0. The Bertz CT molecular complexity index is 4890. The van der Waals surface area contributed by atoms with Crippen LogP contribution < -0.4 is 42.5 Å². The molecular weight excluding hydrogens is 1210 g/mol. The Labute approximate surface area is 561 Å². The highest BCUT2D eigenvalue weighted by Crippen LogP contribution is 2.57. The molecule has 0 saturated carbocycles. The van der Waals surface area contributed by atoms with Gasteiger partial charge < -0.3 is 7.10 Å². The van der Waals surface area contributed by atoms with Crippen LogP contribution in [0.15, 0.2) is 361 Å². The second-order valence-corrected chi connectivity index (χ2v) is 34.7. The van der Waals surface area contributed by atoms with E-state index in [1.165, 1.54) is 43.0 Å². The first-order chi connectivity index (χ1) is 46.5. The number of aliphatic imine (C=N–C) groups is 2.